The Bertz CT molecular complexity index is 489. The Balaban J connectivity index is 2.25. The van der Waals surface area contributed by atoms with Crippen LogP contribution in [0.25, 0.3) is 0 Å². The molecule has 0 unspecified atom stereocenters. The highest BCUT2D eigenvalue weighted by atomic mass is 32.2. The summed E-state index contributed by atoms with van der Waals surface area (Å²) in [6, 6.07) is 8.57. The third-order valence-electron chi connectivity index (χ3n) is 3.61. The lowest BCUT2D eigenvalue weighted by Gasteiger charge is -2.19. The predicted molar refractivity (Wildman–Crippen MR) is 90.1 cm³/mol. The number of thiocarbonyl (C=S) groups is 1. The van der Waals surface area contributed by atoms with Crippen LogP contribution in [0.15, 0.2) is 40.3 Å². The van der Waals surface area contributed by atoms with Crippen molar-refractivity contribution in [2.75, 3.05) is 11.4 Å². The van der Waals surface area contributed by atoms with Crippen molar-refractivity contribution in [3.63, 3.8) is 0 Å². The van der Waals surface area contributed by atoms with Gasteiger partial charge in [-0.1, -0.05) is 50.0 Å². The van der Waals surface area contributed by atoms with E-state index in [9.17, 15) is 0 Å². The molecule has 0 aromatic heterocycles. The van der Waals surface area contributed by atoms with Gasteiger partial charge in [0, 0.05) is 16.3 Å². The second kappa shape index (κ2) is 6.58. The Kier molecular flexibility index (Phi) is 5.06. The Labute approximate surface area is 126 Å². The van der Waals surface area contributed by atoms with Crippen LogP contribution >= 0.6 is 24.0 Å². The zero-order valence-corrected chi connectivity index (χ0v) is 13.5. The van der Waals surface area contributed by atoms with Crippen LogP contribution in [0.5, 0.6) is 0 Å². The monoisotopic (exact) mass is 291 g/mol. The van der Waals surface area contributed by atoms with Gasteiger partial charge in [-0.3, -0.25) is 0 Å². The molecule has 0 saturated heterocycles. The van der Waals surface area contributed by atoms with E-state index in [1.165, 1.54) is 15.6 Å². The smallest absolute Gasteiger partial charge is 0.0812 e. The van der Waals surface area contributed by atoms with Crippen molar-refractivity contribution in [2.45, 2.75) is 38.5 Å². The third kappa shape index (κ3) is 3.03. The van der Waals surface area contributed by atoms with Gasteiger partial charge in [0.1, 0.15) is 0 Å². The van der Waals surface area contributed by atoms with Gasteiger partial charge in [-0.15, -0.1) is 0 Å². The quantitative estimate of drug-likeness (QED) is 0.537. The van der Waals surface area contributed by atoms with Gasteiger partial charge in [-0.2, -0.15) is 0 Å². The van der Waals surface area contributed by atoms with E-state index in [1.807, 2.05) is 11.8 Å². The Morgan fingerprint density at radius 1 is 1.26 bits per heavy atom. The van der Waals surface area contributed by atoms with Crippen LogP contribution < -0.4 is 4.90 Å². The summed E-state index contributed by atoms with van der Waals surface area (Å²) >= 11 is 7.44. The van der Waals surface area contributed by atoms with Gasteiger partial charge in [0.2, 0.25) is 0 Å². The molecule has 0 bridgehead atoms. The molecule has 2 rings (SSSR count). The van der Waals surface area contributed by atoms with Crippen LogP contribution in [0.1, 0.15) is 33.6 Å². The summed E-state index contributed by atoms with van der Waals surface area (Å²) in [6.07, 6.45) is 4.47. The number of fused-ring (bicyclic) bond motifs is 1. The van der Waals surface area contributed by atoms with Crippen molar-refractivity contribution in [3.05, 3.63) is 35.4 Å². The first kappa shape index (κ1) is 14.6. The second-order valence-corrected chi connectivity index (χ2v) is 6.25. The zero-order valence-electron chi connectivity index (χ0n) is 11.8. The maximum atomic E-state index is 5.61. The molecule has 0 aliphatic carbocycles. The molecule has 1 aliphatic rings. The first-order chi connectivity index (χ1) is 9.21. The molecule has 1 nitrogen and oxygen atoms in total. The molecule has 0 N–H and O–H groups in total. The van der Waals surface area contributed by atoms with E-state index in [0.717, 1.165) is 24.3 Å². The average molecular weight is 291 g/mol. The van der Waals surface area contributed by atoms with Crippen molar-refractivity contribution in [3.8, 4) is 0 Å². The largest absolute Gasteiger partial charge is 0.335 e. The van der Waals surface area contributed by atoms with Crippen LogP contribution in [-0.4, -0.2) is 11.4 Å². The third-order valence-corrected chi connectivity index (χ3v) is 5.17. The highest BCUT2D eigenvalue weighted by Crippen LogP contribution is 2.45. The highest BCUT2D eigenvalue weighted by Gasteiger charge is 2.24. The fourth-order valence-electron chi connectivity index (χ4n) is 2.42. The van der Waals surface area contributed by atoms with Gasteiger partial charge in [0.15, 0.2) is 0 Å². The number of nitrogens with zero attached hydrogens (tertiary/aromatic N) is 1. The maximum Gasteiger partial charge on any atom is 0.0812 e. The Morgan fingerprint density at radius 3 is 2.58 bits per heavy atom. The summed E-state index contributed by atoms with van der Waals surface area (Å²) in [6.45, 7) is 7.61. The second-order valence-electron chi connectivity index (χ2n) is 4.71. The van der Waals surface area contributed by atoms with Crippen molar-refractivity contribution in [2.24, 2.45) is 5.92 Å². The highest BCUT2D eigenvalue weighted by molar-refractivity contribution is 8.03. The summed E-state index contributed by atoms with van der Waals surface area (Å²) in [5.41, 5.74) is 1.31. The van der Waals surface area contributed by atoms with Crippen molar-refractivity contribution < 1.29 is 0 Å². The maximum absolute atomic E-state index is 5.61. The van der Waals surface area contributed by atoms with Crippen molar-refractivity contribution in [1.82, 2.24) is 0 Å². The molecule has 1 aromatic carbocycles. The standard InChI is InChI=1S/C16H21NS2/c1-4-12(5-2)14(18)11-16-17(6-3)13-9-7-8-10-15(13)19-16/h7-12H,4-6H2,1-3H3/b16-11-. The van der Waals surface area contributed by atoms with E-state index in [-0.39, 0.29) is 0 Å². The number of benzene rings is 1. The number of hydrogen-bond donors (Lipinski definition) is 0. The minimum atomic E-state index is 0.533. The summed E-state index contributed by atoms with van der Waals surface area (Å²) in [5, 5.41) is 1.28. The molecule has 19 heavy (non-hydrogen) atoms. The minimum absolute atomic E-state index is 0.533. The lowest BCUT2D eigenvalue weighted by Crippen LogP contribution is -2.18. The van der Waals surface area contributed by atoms with Gasteiger partial charge in [-0.25, -0.2) is 0 Å². The van der Waals surface area contributed by atoms with Gasteiger partial charge in [0.05, 0.1) is 10.7 Å². The van der Waals surface area contributed by atoms with E-state index >= 15 is 0 Å². The molecule has 0 spiro atoms. The van der Waals surface area contributed by atoms with Crippen LogP contribution in [-0.2, 0) is 0 Å². The van der Waals surface area contributed by atoms with Crippen molar-refractivity contribution in [1.29, 1.82) is 0 Å². The number of anilines is 1. The number of hydrogen-bond acceptors (Lipinski definition) is 3. The van der Waals surface area contributed by atoms with E-state index in [0.29, 0.717) is 5.92 Å². The molecular weight excluding hydrogens is 270 g/mol. The summed E-state index contributed by atoms with van der Waals surface area (Å²) in [7, 11) is 0. The van der Waals surface area contributed by atoms with Gasteiger partial charge in [0.25, 0.3) is 0 Å². The van der Waals surface area contributed by atoms with Crippen molar-refractivity contribution >= 4 is 34.5 Å². The fraction of sp³-hybridized carbons (Fsp3) is 0.438. The molecule has 0 amide bonds. The fourth-order valence-corrected chi connectivity index (χ4v) is 4.11. The summed E-state index contributed by atoms with van der Waals surface area (Å²) in [5.74, 6) is 0.533. The Morgan fingerprint density at radius 2 is 1.95 bits per heavy atom. The molecule has 1 aliphatic heterocycles. The first-order valence-corrected chi connectivity index (χ1v) is 8.23. The Hall–Kier alpha value is -0.800. The zero-order chi connectivity index (χ0) is 13.8. The SMILES string of the molecule is CCC(CC)C(=S)/C=C1\Sc2ccccc2N1CC. The van der Waals surface area contributed by atoms with E-state index in [1.54, 1.807) is 0 Å². The van der Waals surface area contributed by atoms with Gasteiger partial charge < -0.3 is 4.90 Å². The lowest BCUT2D eigenvalue weighted by atomic mass is 9.99. The van der Waals surface area contributed by atoms with Gasteiger partial charge in [-0.05, 0) is 43.9 Å². The average Bonchev–Trinajstić information content (AvgIpc) is 2.77. The number of para-hydroxylation sites is 1. The molecule has 3 heteroatoms. The number of thioether (sulfide) groups is 1. The number of allylic oxidation sites excluding steroid dienone is 1. The predicted octanol–water partition coefficient (Wildman–Crippen LogP) is 5.27. The molecule has 1 heterocycles. The first-order valence-electron chi connectivity index (χ1n) is 7.01. The molecule has 0 fully saturated rings. The molecule has 102 valence electrons. The van der Waals surface area contributed by atoms with Crippen LogP contribution in [0, 0.1) is 5.92 Å². The molecule has 0 radical (unpaired) electrons. The van der Waals surface area contributed by atoms with E-state index < -0.39 is 0 Å². The minimum Gasteiger partial charge on any atom is -0.335 e. The van der Waals surface area contributed by atoms with E-state index in [2.05, 4.69) is 56.0 Å². The molecule has 0 atom stereocenters. The van der Waals surface area contributed by atoms with Crippen LogP contribution in [0.2, 0.25) is 0 Å². The van der Waals surface area contributed by atoms with Crippen LogP contribution in [0.4, 0.5) is 5.69 Å². The summed E-state index contributed by atoms with van der Waals surface area (Å²) in [4.78, 5) is 4.79. The molecular formula is C16H21NS2. The normalized spacial score (nSPS) is 16.2. The molecule has 1 aromatic rings. The summed E-state index contributed by atoms with van der Waals surface area (Å²) < 4.78 is 0. The van der Waals surface area contributed by atoms with Gasteiger partial charge >= 0.3 is 0 Å². The number of rotatable bonds is 5. The van der Waals surface area contributed by atoms with Crippen LogP contribution in [0.3, 0.4) is 0 Å². The topological polar surface area (TPSA) is 3.24 Å². The van der Waals surface area contributed by atoms with E-state index in [4.69, 9.17) is 12.2 Å². The lowest BCUT2D eigenvalue weighted by molar-refractivity contribution is 0.652. The molecule has 0 saturated carbocycles.